The van der Waals surface area contributed by atoms with E-state index in [1.54, 1.807) is 24.7 Å². The van der Waals surface area contributed by atoms with E-state index in [4.69, 9.17) is 9.72 Å². The van der Waals surface area contributed by atoms with Crippen LogP contribution in [0.4, 0.5) is 5.82 Å². The second kappa shape index (κ2) is 6.53. The number of ether oxygens (including phenoxy) is 1. The van der Waals surface area contributed by atoms with Crippen LogP contribution in [0.1, 0.15) is 6.92 Å². The average Bonchev–Trinajstić information content (AvgIpc) is 3.34. The zero-order valence-electron chi connectivity index (χ0n) is 16.0. The molecule has 0 aromatic carbocycles. The number of nitrogens with one attached hydrogen (secondary N) is 1. The van der Waals surface area contributed by atoms with Crippen LogP contribution in [0.2, 0.25) is 0 Å². The van der Waals surface area contributed by atoms with Crippen molar-refractivity contribution in [1.29, 1.82) is 0 Å². The Morgan fingerprint density at radius 2 is 2.10 bits per heavy atom. The summed E-state index contributed by atoms with van der Waals surface area (Å²) in [6.45, 7) is 3.91. The number of aromatic nitrogens is 5. The Morgan fingerprint density at radius 3 is 2.90 bits per heavy atom. The van der Waals surface area contributed by atoms with Gasteiger partial charge in [0.1, 0.15) is 5.82 Å². The van der Waals surface area contributed by atoms with Crippen LogP contribution in [-0.4, -0.2) is 64.6 Å². The van der Waals surface area contributed by atoms with Crippen molar-refractivity contribution in [3.05, 3.63) is 36.9 Å². The van der Waals surface area contributed by atoms with E-state index in [1.807, 2.05) is 12.3 Å². The summed E-state index contributed by atoms with van der Waals surface area (Å²) in [6, 6.07) is 3.84. The van der Waals surface area contributed by atoms with Gasteiger partial charge < -0.3 is 14.6 Å². The molecule has 1 aliphatic rings. The lowest BCUT2D eigenvalue weighted by Crippen LogP contribution is -2.44. The number of nitrogens with zero attached hydrogens (tertiary/aromatic N) is 5. The highest BCUT2D eigenvalue weighted by Crippen LogP contribution is 2.34. The Bertz CT molecular complexity index is 1330. The molecule has 10 heteroatoms. The minimum atomic E-state index is -3.56. The van der Waals surface area contributed by atoms with Crippen molar-refractivity contribution in [2.24, 2.45) is 0 Å². The standard InChI is InChI=1S/C19H20N6O3S/c1-12-11-28-6-5-24(12)19-15-9-22-25(29(2,26)27)18(15)7-16(23-19)14-8-20-10-17-13(14)3-4-21-17/h3-4,7-10,12,21H,5-6,11H2,1-2H3/t12-/m1/s1. The molecule has 0 bridgehead atoms. The lowest BCUT2D eigenvalue weighted by molar-refractivity contribution is 0.0987. The zero-order valence-corrected chi connectivity index (χ0v) is 16.8. The van der Waals surface area contributed by atoms with Crippen molar-refractivity contribution in [2.75, 3.05) is 30.9 Å². The van der Waals surface area contributed by atoms with Gasteiger partial charge in [-0.1, -0.05) is 0 Å². The second-order valence-corrected chi connectivity index (χ2v) is 9.07. The average molecular weight is 412 g/mol. The Kier molecular flexibility index (Phi) is 4.07. The first-order valence-electron chi connectivity index (χ1n) is 9.28. The molecule has 0 spiro atoms. The highest BCUT2D eigenvalue weighted by Gasteiger charge is 2.26. The summed E-state index contributed by atoms with van der Waals surface area (Å²) in [4.78, 5) is 14.5. The van der Waals surface area contributed by atoms with Crippen LogP contribution in [0.5, 0.6) is 0 Å². The van der Waals surface area contributed by atoms with E-state index in [-0.39, 0.29) is 6.04 Å². The number of morpholine rings is 1. The van der Waals surface area contributed by atoms with Gasteiger partial charge >= 0.3 is 0 Å². The summed E-state index contributed by atoms with van der Waals surface area (Å²) in [6.07, 6.45) is 8.06. The first-order chi connectivity index (χ1) is 13.9. The minimum Gasteiger partial charge on any atom is -0.377 e. The van der Waals surface area contributed by atoms with E-state index in [0.29, 0.717) is 42.2 Å². The molecular weight excluding hydrogens is 392 g/mol. The first kappa shape index (κ1) is 18.1. The Balaban J connectivity index is 1.82. The van der Waals surface area contributed by atoms with Crippen molar-refractivity contribution < 1.29 is 13.2 Å². The van der Waals surface area contributed by atoms with Gasteiger partial charge in [-0.25, -0.2) is 13.4 Å². The predicted molar refractivity (Wildman–Crippen MR) is 110 cm³/mol. The SMILES string of the molecule is C[C@@H]1COCCN1c1nc(-c2cncc3[nH]ccc23)cc2c1cnn2S(C)(=O)=O. The summed E-state index contributed by atoms with van der Waals surface area (Å²) in [7, 11) is -3.56. The molecule has 9 nitrogen and oxygen atoms in total. The van der Waals surface area contributed by atoms with Crippen LogP contribution in [0.3, 0.4) is 0 Å². The van der Waals surface area contributed by atoms with Crippen LogP contribution >= 0.6 is 0 Å². The Labute approximate surface area is 167 Å². The van der Waals surface area contributed by atoms with E-state index >= 15 is 0 Å². The number of hydrogen-bond acceptors (Lipinski definition) is 7. The van der Waals surface area contributed by atoms with Gasteiger partial charge in [-0.2, -0.15) is 9.19 Å². The largest absolute Gasteiger partial charge is 0.377 e. The van der Waals surface area contributed by atoms with Crippen molar-refractivity contribution in [3.8, 4) is 11.3 Å². The highest BCUT2D eigenvalue weighted by atomic mass is 32.2. The molecule has 0 saturated carbocycles. The molecule has 5 heterocycles. The summed E-state index contributed by atoms with van der Waals surface area (Å²) in [5.74, 6) is 0.704. The van der Waals surface area contributed by atoms with Gasteiger partial charge in [-0.15, -0.1) is 0 Å². The molecule has 4 aromatic rings. The third-order valence-electron chi connectivity index (χ3n) is 5.22. The summed E-state index contributed by atoms with van der Waals surface area (Å²) < 4.78 is 31.2. The van der Waals surface area contributed by atoms with Crippen molar-refractivity contribution in [3.63, 3.8) is 0 Å². The molecule has 150 valence electrons. The second-order valence-electron chi connectivity index (χ2n) is 7.26. The molecule has 0 aliphatic carbocycles. The third kappa shape index (κ3) is 2.95. The van der Waals surface area contributed by atoms with Crippen LogP contribution in [0.25, 0.3) is 33.1 Å². The lowest BCUT2D eigenvalue weighted by Gasteiger charge is -2.34. The van der Waals surface area contributed by atoms with E-state index in [9.17, 15) is 8.42 Å². The summed E-state index contributed by atoms with van der Waals surface area (Å²) in [5.41, 5.74) is 2.87. The Hall–Kier alpha value is -2.98. The van der Waals surface area contributed by atoms with Gasteiger partial charge in [0.15, 0.2) is 0 Å². The molecule has 4 aromatic heterocycles. The third-order valence-corrected chi connectivity index (χ3v) is 6.14. The molecule has 1 atom stereocenters. The topological polar surface area (TPSA) is 106 Å². The number of hydrogen-bond donors (Lipinski definition) is 1. The molecule has 1 saturated heterocycles. The van der Waals surface area contributed by atoms with Gasteiger partial charge in [0.25, 0.3) is 10.0 Å². The fourth-order valence-electron chi connectivity index (χ4n) is 3.83. The number of aromatic amines is 1. The van der Waals surface area contributed by atoms with E-state index in [1.165, 1.54) is 0 Å². The monoisotopic (exact) mass is 412 g/mol. The van der Waals surface area contributed by atoms with Crippen LogP contribution in [0, 0.1) is 0 Å². The molecule has 1 N–H and O–H groups in total. The van der Waals surface area contributed by atoms with Crippen LogP contribution in [-0.2, 0) is 14.8 Å². The number of rotatable bonds is 3. The zero-order chi connectivity index (χ0) is 20.2. The molecule has 0 unspecified atom stereocenters. The van der Waals surface area contributed by atoms with Crippen molar-refractivity contribution in [1.82, 2.24) is 24.1 Å². The summed E-state index contributed by atoms with van der Waals surface area (Å²) in [5, 5.41) is 5.81. The predicted octanol–water partition coefficient (Wildman–Crippen LogP) is 2.01. The molecular formula is C19H20N6O3S. The molecule has 0 radical (unpaired) electrons. The van der Waals surface area contributed by atoms with E-state index in [2.05, 4.69) is 26.9 Å². The molecule has 29 heavy (non-hydrogen) atoms. The highest BCUT2D eigenvalue weighted by molar-refractivity contribution is 7.89. The molecule has 0 amide bonds. The minimum absolute atomic E-state index is 0.109. The normalized spacial score (nSPS) is 18.0. The lowest BCUT2D eigenvalue weighted by atomic mass is 10.1. The van der Waals surface area contributed by atoms with E-state index in [0.717, 1.165) is 26.8 Å². The fraction of sp³-hybridized carbons (Fsp3) is 0.316. The number of fused-ring (bicyclic) bond motifs is 2. The molecule has 1 fully saturated rings. The Morgan fingerprint density at radius 1 is 1.24 bits per heavy atom. The summed E-state index contributed by atoms with van der Waals surface area (Å²) >= 11 is 0. The van der Waals surface area contributed by atoms with Crippen molar-refractivity contribution >= 4 is 37.6 Å². The number of H-pyrrole nitrogens is 1. The molecule has 5 rings (SSSR count). The van der Waals surface area contributed by atoms with Gasteiger partial charge in [0, 0.05) is 29.9 Å². The first-order valence-corrected chi connectivity index (χ1v) is 11.1. The maximum absolute atomic E-state index is 12.3. The van der Waals surface area contributed by atoms with Crippen LogP contribution in [0.15, 0.2) is 36.9 Å². The van der Waals surface area contributed by atoms with Gasteiger partial charge in [0.2, 0.25) is 0 Å². The van der Waals surface area contributed by atoms with E-state index < -0.39 is 10.0 Å². The van der Waals surface area contributed by atoms with Gasteiger partial charge in [0.05, 0.1) is 60.0 Å². The van der Waals surface area contributed by atoms with Crippen LogP contribution < -0.4 is 4.90 Å². The van der Waals surface area contributed by atoms with Gasteiger partial charge in [-0.05, 0) is 19.1 Å². The molecule has 1 aliphatic heterocycles. The maximum Gasteiger partial charge on any atom is 0.251 e. The van der Waals surface area contributed by atoms with Crippen molar-refractivity contribution in [2.45, 2.75) is 13.0 Å². The number of pyridine rings is 2. The quantitative estimate of drug-likeness (QED) is 0.549. The van der Waals surface area contributed by atoms with Gasteiger partial charge in [-0.3, -0.25) is 4.98 Å². The smallest absolute Gasteiger partial charge is 0.251 e. The fourth-order valence-corrected chi connectivity index (χ4v) is 4.56. The number of anilines is 1. The maximum atomic E-state index is 12.3.